The Labute approximate surface area is 143 Å². The molecule has 2 amide bonds. The van der Waals surface area contributed by atoms with E-state index in [1.165, 1.54) is 5.56 Å². The molecule has 0 saturated carbocycles. The lowest BCUT2D eigenvalue weighted by molar-refractivity contribution is -0.147. The molecule has 2 saturated heterocycles. The first-order chi connectivity index (χ1) is 11.3. The van der Waals surface area contributed by atoms with Crippen LogP contribution in [0.2, 0.25) is 0 Å². The summed E-state index contributed by atoms with van der Waals surface area (Å²) in [4.78, 5) is 28.9. The molecular weight excluding hydrogens is 304 g/mol. The largest absolute Gasteiger partial charge is 0.372 e. The number of aryl methyl sites for hydroxylation is 2. The van der Waals surface area contributed by atoms with E-state index >= 15 is 0 Å². The highest BCUT2D eigenvalue weighted by Crippen LogP contribution is 2.30. The number of anilines is 1. The molecule has 1 aromatic rings. The van der Waals surface area contributed by atoms with E-state index in [1.54, 1.807) is 4.90 Å². The third kappa shape index (κ3) is 3.31. The lowest BCUT2D eigenvalue weighted by Gasteiger charge is -2.36. The molecule has 1 aromatic carbocycles. The van der Waals surface area contributed by atoms with Crippen molar-refractivity contribution in [2.24, 2.45) is 5.92 Å². The number of carbonyl (C=O) groups is 2. The van der Waals surface area contributed by atoms with E-state index in [0.29, 0.717) is 26.1 Å². The van der Waals surface area contributed by atoms with Crippen LogP contribution in [0.1, 0.15) is 31.4 Å². The van der Waals surface area contributed by atoms with Crippen LogP contribution in [0.25, 0.3) is 0 Å². The molecule has 0 aliphatic carbocycles. The summed E-state index contributed by atoms with van der Waals surface area (Å²) in [6.07, 6.45) is 0.391. The normalized spacial score (nSPS) is 27.7. The predicted molar refractivity (Wildman–Crippen MR) is 93.0 cm³/mol. The maximum atomic E-state index is 12.8. The molecule has 5 heteroatoms. The number of rotatable bonds is 2. The van der Waals surface area contributed by atoms with Crippen molar-refractivity contribution in [3.05, 3.63) is 29.3 Å². The Bertz CT molecular complexity index is 648. The summed E-state index contributed by atoms with van der Waals surface area (Å²) in [7, 11) is 0. The molecule has 0 aromatic heterocycles. The highest BCUT2D eigenvalue weighted by Gasteiger charge is 2.39. The maximum absolute atomic E-state index is 12.8. The third-order valence-corrected chi connectivity index (χ3v) is 4.85. The zero-order chi connectivity index (χ0) is 17.4. The summed E-state index contributed by atoms with van der Waals surface area (Å²) in [5.74, 6) is -0.136. The number of ether oxygens (including phenoxy) is 1. The molecule has 3 atom stereocenters. The lowest BCUT2D eigenvalue weighted by atomic mass is 10.1. The smallest absolute Gasteiger partial charge is 0.228 e. The van der Waals surface area contributed by atoms with Crippen LogP contribution >= 0.6 is 0 Å². The molecule has 0 N–H and O–H groups in total. The topological polar surface area (TPSA) is 49.9 Å². The Balaban J connectivity index is 1.73. The Hall–Kier alpha value is -1.88. The minimum absolute atomic E-state index is 0.0367. The van der Waals surface area contributed by atoms with Crippen LogP contribution in [0.5, 0.6) is 0 Å². The van der Waals surface area contributed by atoms with Gasteiger partial charge in [0.15, 0.2) is 0 Å². The van der Waals surface area contributed by atoms with Crippen molar-refractivity contribution in [1.29, 1.82) is 0 Å². The molecule has 2 aliphatic heterocycles. The first-order valence-electron chi connectivity index (χ1n) is 8.67. The highest BCUT2D eigenvalue weighted by molar-refractivity contribution is 6.00. The molecule has 5 nitrogen and oxygen atoms in total. The number of morpholine rings is 1. The quantitative estimate of drug-likeness (QED) is 0.836. The molecule has 24 heavy (non-hydrogen) atoms. The van der Waals surface area contributed by atoms with Crippen LogP contribution in [0.15, 0.2) is 18.2 Å². The van der Waals surface area contributed by atoms with Crippen LogP contribution in [0.3, 0.4) is 0 Å². The van der Waals surface area contributed by atoms with E-state index in [4.69, 9.17) is 4.74 Å². The van der Waals surface area contributed by atoms with Gasteiger partial charge < -0.3 is 14.5 Å². The average molecular weight is 330 g/mol. The van der Waals surface area contributed by atoms with Crippen molar-refractivity contribution in [1.82, 2.24) is 4.90 Å². The average Bonchev–Trinajstić information content (AvgIpc) is 2.87. The van der Waals surface area contributed by atoms with E-state index in [-0.39, 0.29) is 29.9 Å². The first kappa shape index (κ1) is 17.0. The summed E-state index contributed by atoms with van der Waals surface area (Å²) < 4.78 is 5.70. The fraction of sp³-hybridized carbons (Fsp3) is 0.579. The van der Waals surface area contributed by atoms with Gasteiger partial charge in [-0.1, -0.05) is 17.7 Å². The standard InChI is InChI=1S/C19H26N2O3/c1-12-5-6-17(13(2)7-12)21-11-16(8-18(21)22)19(23)20-9-14(3)24-15(4)10-20/h5-7,14-16H,8-11H2,1-4H3. The predicted octanol–water partition coefficient (Wildman–Crippen LogP) is 2.29. The van der Waals surface area contributed by atoms with E-state index in [0.717, 1.165) is 11.3 Å². The molecule has 3 rings (SSSR count). The van der Waals surface area contributed by atoms with Gasteiger partial charge in [-0.05, 0) is 39.3 Å². The fourth-order valence-electron chi connectivity index (χ4n) is 3.83. The number of hydrogen-bond acceptors (Lipinski definition) is 3. The van der Waals surface area contributed by atoms with E-state index < -0.39 is 0 Å². The van der Waals surface area contributed by atoms with Crippen molar-refractivity contribution >= 4 is 17.5 Å². The summed E-state index contributed by atoms with van der Waals surface area (Å²) in [5, 5.41) is 0. The van der Waals surface area contributed by atoms with Crippen molar-refractivity contribution < 1.29 is 14.3 Å². The molecule has 3 unspecified atom stereocenters. The summed E-state index contributed by atoms with van der Waals surface area (Å²) in [6.45, 7) is 9.71. The van der Waals surface area contributed by atoms with Gasteiger partial charge >= 0.3 is 0 Å². The van der Waals surface area contributed by atoms with Crippen molar-refractivity contribution in [2.75, 3.05) is 24.5 Å². The zero-order valence-corrected chi connectivity index (χ0v) is 14.9. The monoisotopic (exact) mass is 330 g/mol. The second-order valence-electron chi connectivity index (χ2n) is 7.20. The highest BCUT2D eigenvalue weighted by atomic mass is 16.5. The van der Waals surface area contributed by atoms with Crippen LogP contribution in [-0.4, -0.2) is 48.6 Å². The SMILES string of the molecule is Cc1ccc(N2CC(C(=O)N3CC(C)OC(C)C3)CC2=O)c(C)c1. The maximum Gasteiger partial charge on any atom is 0.228 e. The Kier molecular flexibility index (Phi) is 4.63. The van der Waals surface area contributed by atoms with E-state index in [9.17, 15) is 9.59 Å². The van der Waals surface area contributed by atoms with Gasteiger partial charge in [0.05, 0.1) is 18.1 Å². The van der Waals surface area contributed by atoms with Gasteiger partial charge in [0.2, 0.25) is 11.8 Å². The second kappa shape index (κ2) is 6.55. The molecular formula is C19H26N2O3. The second-order valence-corrected chi connectivity index (χ2v) is 7.20. The van der Waals surface area contributed by atoms with Gasteiger partial charge in [0.1, 0.15) is 0 Å². The van der Waals surface area contributed by atoms with Gasteiger partial charge in [-0.15, -0.1) is 0 Å². The minimum atomic E-state index is -0.254. The number of hydrogen-bond donors (Lipinski definition) is 0. The Morgan fingerprint density at radius 3 is 2.42 bits per heavy atom. The van der Waals surface area contributed by atoms with Crippen molar-refractivity contribution in [3.63, 3.8) is 0 Å². The van der Waals surface area contributed by atoms with Gasteiger partial charge in [0.25, 0.3) is 0 Å². The van der Waals surface area contributed by atoms with Crippen LogP contribution in [-0.2, 0) is 14.3 Å². The van der Waals surface area contributed by atoms with E-state index in [2.05, 4.69) is 6.07 Å². The van der Waals surface area contributed by atoms with Crippen LogP contribution in [0, 0.1) is 19.8 Å². The van der Waals surface area contributed by atoms with Crippen molar-refractivity contribution in [3.8, 4) is 0 Å². The molecule has 0 spiro atoms. The molecule has 2 fully saturated rings. The van der Waals surface area contributed by atoms with Gasteiger partial charge in [-0.2, -0.15) is 0 Å². The molecule has 0 bridgehead atoms. The van der Waals surface area contributed by atoms with Crippen LogP contribution < -0.4 is 4.90 Å². The molecule has 2 heterocycles. The molecule has 0 radical (unpaired) electrons. The fourth-order valence-corrected chi connectivity index (χ4v) is 3.83. The minimum Gasteiger partial charge on any atom is -0.372 e. The van der Waals surface area contributed by atoms with E-state index in [1.807, 2.05) is 44.7 Å². The van der Waals surface area contributed by atoms with Gasteiger partial charge in [0, 0.05) is 31.7 Å². The summed E-state index contributed by atoms with van der Waals surface area (Å²) in [6, 6.07) is 6.06. The number of nitrogens with zero attached hydrogens (tertiary/aromatic N) is 2. The third-order valence-electron chi connectivity index (χ3n) is 4.85. The Morgan fingerprint density at radius 1 is 1.12 bits per heavy atom. The number of benzene rings is 1. The lowest BCUT2D eigenvalue weighted by Crippen LogP contribution is -2.50. The van der Waals surface area contributed by atoms with Gasteiger partial charge in [-0.3, -0.25) is 9.59 Å². The molecule has 130 valence electrons. The number of carbonyl (C=O) groups excluding carboxylic acids is 2. The van der Waals surface area contributed by atoms with Crippen molar-refractivity contribution in [2.45, 2.75) is 46.3 Å². The Morgan fingerprint density at radius 2 is 1.79 bits per heavy atom. The first-order valence-corrected chi connectivity index (χ1v) is 8.67. The summed E-state index contributed by atoms with van der Waals surface area (Å²) in [5.41, 5.74) is 3.17. The zero-order valence-electron chi connectivity index (χ0n) is 14.9. The number of amides is 2. The summed E-state index contributed by atoms with van der Waals surface area (Å²) >= 11 is 0. The molecule has 2 aliphatic rings. The van der Waals surface area contributed by atoms with Crippen LogP contribution in [0.4, 0.5) is 5.69 Å². The van der Waals surface area contributed by atoms with Gasteiger partial charge in [-0.25, -0.2) is 0 Å².